The van der Waals surface area contributed by atoms with Crippen molar-refractivity contribution in [3.05, 3.63) is 71.9 Å². The number of ether oxygens (including phenoxy) is 1. The molecule has 0 unspecified atom stereocenters. The molecule has 29 heavy (non-hydrogen) atoms. The minimum atomic E-state index is -0.298. The summed E-state index contributed by atoms with van der Waals surface area (Å²) >= 11 is 1.46. The van der Waals surface area contributed by atoms with E-state index in [1.807, 2.05) is 42.1 Å². The van der Waals surface area contributed by atoms with Gasteiger partial charge in [0.1, 0.15) is 23.2 Å². The number of hydrogen-bond donors (Lipinski definition) is 2. The van der Waals surface area contributed by atoms with Crippen LogP contribution in [0, 0.1) is 13.8 Å². The number of aromatic nitrogens is 4. The molecular weight excluding hydrogens is 388 g/mol. The van der Waals surface area contributed by atoms with Crippen molar-refractivity contribution < 1.29 is 9.53 Å². The molecule has 0 saturated heterocycles. The molecule has 0 saturated carbocycles. The van der Waals surface area contributed by atoms with Crippen molar-refractivity contribution in [3.8, 4) is 17.4 Å². The Morgan fingerprint density at radius 1 is 1.10 bits per heavy atom. The number of carbonyl (C=O) groups is 1. The van der Waals surface area contributed by atoms with E-state index in [9.17, 15) is 4.79 Å². The maximum absolute atomic E-state index is 12.0. The fourth-order valence-corrected chi connectivity index (χ4v) is 3.28. The minimum absolute atomic E-state index is 0.298. The van der Waals surface area contributed by atoms with Gasteiger partial charge < -0.3 is 10.1 Å². The highest BCUT2D eigenvalue weighted by Crippen LogP contribution is 2.24. The van der Waals surface area contributed by atoms with E-state index in [0.717, 1.165) is 10.8 Å². The fraction of sp³-hybridized carbons (Fsp3) is 0.100. The highest BCUT2D eigenvalue weighted by molar-refractivity contribution is 7.14. The van der Waals surface area contributed by atoms with Crippen molar-refractivity contribution in [2.24, 2.45) is 0 Å². The van der Waals surface area contributed by atoms with Gasteiger partial charge in [-0.05, 0) is 55.6 Å². The quantitative estimate of drug-likeness (QED) is 0.498. The zero-order valence-electron chi connectivity index (χ0n) is 15.8. The first kappa shape index (κ1) is 18.6. The number of rotatable bonds is 5. The highest BCUT2D eigenvalue weighted by atomic mass is 32.1. The molecule has 0 aliphatic heterocycles. The summed E-state index contributed by atoms with van der Waals surface area (Å²) in [5.41, 5.74) is 0.653. The van der Waals surface area contributed by atoms with E-state index in [4.69, 9.17) is 4.74 Å². The van der Waals surface area contributed by atoms with Crippen LogP contribution in [-0.4, -0.2) is 25.6 Å². The zero-order chi connectivity index (χ0) is 20.2. The lowest BCUT2D eigenvalue weighted by Gasteiger charge is -2.10. The van der Waals surface area contributed by atoms with Gasteiger partial charge in [-0.15, -0.1) is 11.3 Å². The number of benzene rings is 1. The van der Waals surface area contributed by atoms with Crippen molar-refractivity contribution in [1.82, 2.24) is 19.5 Å². The van der Waals surface area contributed by atoms with Crippen molar-refractivity contribution in [3.63, 3.8) is 0 Å². The molecule has 3 heterocycles. The predicted molar refractivity (Wildman–Crippen MR) is 112 cm³/mol. The van der Waals surface area contributed by atoms with Gasteiger partial charge in [0.05, 0.1) is 5.00 Å². The molecule has 1 aromatic carbocycles. The second-order valence-electron chi connectivity index (χ2n) is 6.14. The Morgan fingerprint density at radius 2 is 1.93 bits per heavy atom. The first-order valence-corrected chi connectivity index (χ1v) is 9.70. The minimum Gasteiger partial charge on any atom is -0.439 e. The normalized spacial score (nSPS) is 10.6. The molecular formula is C20H18N6O2S. The Kier molecular flexibility index (Phi) is 5.21. The predicted octanol–water partition coefficient (Wildman–Crippen LogP) is 4.78. The average Bonchev–Trinajstić information content (AvgIpc) is 3.34. The lowest BCUT2D eigenvalue weighted by molar-refractivity contribution is 0.262. The lowest BCUT2D eigenvalue weighted by Crippen LogP contribution is -2.18. The summed E-state index contributed by atoms with van der Waals surface area (Å²) in [7, 11) is 0. The number of imidazole rings is 1. The van der Waals surface area contributed by atoms with Crippen molar-refractivity contribution in [1.29, 1.82) is 0 Å². The summed E-state index contributed by atoms with van der Waals surface area (Å²) in [4.78, 5) is 25.0. The molecule has 2 amide bonds. The van der Waals surface area contributed by atoms with Gasteiger partial charge in [0.2, 0.25) is 5.88 Å². The number of carbonyl (C=O) groups excluding carboxylic acids is 1. The van der Waals surface area contributed by atoms with Gasteiger partial charge in [0.25, 0.3) is 0 Å². The summed E-state index contributed by atoms with van der Waals surface area (Å²) < 4.78 is 7.73. The fourth-order valence-electron chi connectivity index (χ4n) is 2.67. The van der Waals surface area contributed by atoms with E-state index in [-0.39, 0.29) is 6.03 Å². The molecule has 0 radical (unpaired) electrons. The molecule has 0 atom stereocenters. The van der Waals surface area contributed by atoms with Crippen LogP contribution in [0.2, 0.25) is 0 Å². The van der Waals surface area contributed by atoms with Crippen LogP contribution in [-0.2, 0) is 0 Å². The molecule has 146 valence electrons. The topological polar surface area (TPSA) is 94.0 Å². The number of amides is 2. The van der Waals surface area contributed by atoms with Crippen LogP contribution in [0.1, 0.15) is 11.6 Å². The molecule has 3 aromatic heterocycles. The zero-order valence-corrected chi connectivity index (χ0v) is 16.6. The van der Waals surface area contributed by atoms with Crippen LogP contribution in [0.25, 0.3) is 5.82 Å². The first-order valence-electron chi connectivity index (χ1n) is 8.82. The summed E-state index contributed by atoms with van der Waals surface area (Å²) in [6.07, 6.45) is 3.55. The Labute approximate surface area is 171 Å². The largest absolute Gasteiger partial charge is 0.439 e. The summed E-state index contributed by atoms with van der Waals surface area (Å²) in [6.45, 7) is 3.71. The molecule has 9 heteroatoms. The van der Waals surface area contributed by atoms with Gasteiger partial charge >= 0.3 is 6.03 Å². The van der Waals surface area contributed by atoms with Crippen LogP contribution in [0.15, 0.2) is 60.2 Å². The van der Waals surface area contributed by atoms with Gasteiger partial charge in [0, 0.05) is 24.1 Å². The van der Waals surface area contributed by atoms with E-state index in [0.29, 0.717) is 29.0 Å². The Morgan fingerprint density at radius 3 is 2.62 bits per heavy atom. The molecule has 0 bridgehead atoms. The van der Waals surface area contributed by atoms with E-state index in [1.54, 1.807) is 36.5 Å². The number of urea groups is 1. The highest BCUT2D eigenvalue weighted by Gasteiger charge is 2.09. The van der Waals surface area contributed by atoms with Crippen LogP contribution in [0.4, 0.5) is 15.5 Å². The Bertz CT molecular complexity index is 1120. The smallest absolute Gasteiger partial charge is 0.324 e. The second kappa shape index (κ2) is 8.11. The molecule has 2 N–H and O–H groups in total. The average molecular weight is 406 g/mol. The molecule has 4 aromatic rings. The number of hydrogen-bond acceptors (Lipinski definition) is 6. The third-order valence-corrected chi connectivity index (χ3v) is 4.75. The van der Waals surface area contributed by atoms with E-state index >= 15 is 0 Å². The number of aryl methyl sites for hydroxylation is 2. The van der Waals surface area contributed by atoms with Crippen molar-refractivity contribution >= 4 is 28.1 Å². The Balaban J connectivity index is 1.44. The molecule has 8 nitrogen and oxygen atoms in total. The standard InChI is InChI=1S/C20H18N6O2S/c1-13-22-17(26-10-9-21-14(26)2)12-18(23-13)28-16-7-5-15(6-8-16)24-20(27)25-19-4-3-11-29-19/h3-12H,1-2H3,(H2,24,25,27). The molecule has 0 spiro atoms. The molecule has 0 aliphatic carbocycles. The van der Waals surface area contributed by atoms with Crippen molar-refractivity contribution in [2.45, 2.75) is 13.8 Å². The number of thiophene rings is 1. The molecule has 4 rings (SSSR count). The monoisotopic (exact) mass is 406 g/mol. The molecule has 0 aliphatic rings. The number of nitrogens with one attached hydrogen (secondary N) is 2. The van der Waals surface area contributed by atoms with E-state index in [1.165, 1.54) is 11.3 Å². The second-order valence-corrected chi connectivity index (χ2v) is 7.09. The number of nitrogens with zero attached hydrogens (tertiary/aromatic N) is 4. The number of anilines is 2. The van der Waals surface area contributed by atoms with Gasteiger partial charge in [-0.3, -0.25) is 9.88 Å². The summed E-state index contributed by atoms with van der Waals surface area (Å²) in [5, 5.41) is 8.23. The first-order chi connectivity index (χ1) is 14.1. The maximum atomic E-state index is 12.0. The third kappa shape index (κ3) is 4.58. The van der Waals surface area contributed by atoms with Gasteiger partial charge in [-0.1, -0.05) is 0 Å². The third-order valence-electron chi connectivity index (χ3n) is 3.97. The maximum Gasteiger partial charge on any atom is 0.324 e. The molecule has 0 fully saturated rings. The summed E-state index contributed by atoms with van der Waals surface area (Å²) in [6, 6.07) is 12.2. The van der Waals surface area contributed by atoms with Crippen LogP contribution in [0.3, 0.4) is 0 Å². The van der Waals surface area contributed by atoms with Crippen LogP contribution in [0.5, 0.6) is 11.6 Å². The van der Waals surface area contributed by atoms with E-state index in [2.05, 4.69) is 25.6 Å². The van der Waals surface area contributed by atoms with Gasteiger partial charge in [0.15, 0.2) is 0 Å². The SMILES string of the molecule is Cc1nc(Oc2ccc(NC(=O)Nc3cccs3)cc2)cc(-n2ccnc2C)n1. The van der Waals surface area contributed by atoms with Crippen LogP contribution >= 0.6 is 11.3 Å². The van der Waals surface area contributed by atoms with Gasteiger partial charge in [-0.2, -0.15) is 4.98 Å². The van der Waals surface area contributed by atoms with E-state index < -0.39 is 0 Å². The van der Waals surface area contributed by atoms with Crippen LogP contribution < -0.4 is 15.4 Å². The van der Waals surface area contributed by atoms with Gasteiger partial charge in [-0.25, -0.2) is 14.8 Å². The lowest BCUT2D eigenvalue weighted by atomic mass is 10.3. The summed E-state index contributed by atoms with van der Waals surface area (Å²) in [5.74, 6) is 3.13. The Hall–Kier alpha value is -3.72. The van der Waals surface area contributed by atoms with Crippen molar-refractivity contribution in [2.75, 3.05) is 10.6 Å².